The van der Waals surface area contributed by atoms with E-state index in [2.05, 4.69) is 15.4 Å². The molecule has 1 N–H and O–H groups in total. The maximum atomic E-state index is 11.9. The van der Waals surface area contributed by atoms with Crippen LogP contribution in [-0.2, 0) is 13.1 Å². The van der Waals surface area contributed by atoms with E-state index in [1.807, 2.05) is 26.0 Å². The van der Waals surface area contributed by atoms with E-state index in [9.17, 15) is 4.79 Å². The smallest absolute Gasteiger partial charge is 0.272 e. The van der Waals surface area contributed by atoms with Crippen molar-refractivity contribution in [3.05, 3.63) is 47.5 Å². The van der Waals surface area contributed by atoms with Crippen molar-refractivity contribution in [2.24, 2.45) is 0 Å². The van der Waals surface area contributed by atoms with Crippen molar-refractivity contribution in [2.45, 2.75) is 26.9 Å². The summed E-state index contributed by atoms with van der Waals surface area (Å²) in [7, 11) is 0. The van der Waals surface area contributed by atoms with E-state index in [1.54, 1.807) is 23.1 Å². The zero-order valence-electron chi connectivity index (χ0n) is 10.6. The molecule has 0 bridgehead atoms. The molecule has 0 aliphatic carbocycles. The second-order valence-corrected chi connectivity index (χ2v) is 4.03. The van der Waals surface area contributed by atoms with Gasteiger partial charge in [-0.15, -0.1) is 0 Å². The molecule has 18 heavy (non-hydrogen) atoms. The Morgan fingerprint density at radius 2 is 2.33 bits per heavy atom. The first-order valence-electron chi connectivity index (χ1n) is 5.92. The van der Waals surface area contributed by atoms with Crippen LogP contribution in [0.15, 0.2) is 30.6 Å². The molecule has 94 valence electrons. The molecule has 0 aromatic carbocycles. The minimum Gasteiger partial charge on any atom is -0.347 e. The van der Waals surface area contributed by atoms with Crippen LogP contribution in [-0.4, -0.2) is 20.7 Å². The number of rotatable bonds is 4. The first-order chi connectivity index (χ1) is 8.70. The summed E-state index contributed by atoms with van der Waals surface area (Å²) < 4.78 is 1.80. The Labute approximate surface area is 106 Å². The molecule has 2 rings (SSSR count). The Kier molecular flexibility index (Phi) is 3.72. The molecule has 0 saturated carbocycles. The fourth-order valence-corrected chi connectivity index (χ4v) is 1.72. The van der Waals surface area contributed by atoms with Gasteiger partial charge in [-0.2, -0.15) is 5.10 Å². The topological polar surface area (TPSA) is 59.8 Å². The van der Waals surface area contributed by atoms with E-state index in [1.165, 1.54) is 0 Å². The van der Waals surface area contributed by atoms with Crippen molar-refractivity contribution >= 4 is 5.91 Å². The van der Waals surface area contributed by atoms with Gasteiger partial charge in [0.25, 0.3) is 5.91 Å². The minimum absolute atomic E-state index is 0.158. The van der Waals surface area contributed by atoms with Crippen LogP contribution < -0.4 is 5.32 Å². The average molecular weight is 244 g/mol. The van der Waals surface area contributed by atoms with Crippen molar-refractivity contribution in [1.29, 1.82) is 0 Å². The van der Waals surface area contributed by atoms with E-state index < -0.39 is 0 Å². The lowest BCUT2D eigenvalue weighted by Crippen LogP contribution is -2.23. The molecule has 0 spiro atoms. The number of aromatic nitrogens is 3. The fourth-order valence-electron chi connectivity index (χ4n) is 1.72. The number of hydrogen-bond donors (Lipinski definition) is 1. The van der Waals surface area contributed by atoms with Crippen LogP contribution in [0.4, 0.5) is 0 Å². The number of hydrogen-bond acceptors (Lipinski definition) is 3. The van der Waals surface area contributed by atoms with Crippen LogP contribution in [0.2, 0.25) is 0 Å². The van der Waals surface area contributed by atoms with E-state index in [4.69, 9.17) is 0 Å². The van der Waals surface area contributed by atoms with E-state index >= 15 is 0 Å². The highest BCUT2D eigenvalue weighted by molar-refractivity contribution is 5.92. The molecular weight excluding hydrogens is 228 g/mol. The minimum atomic E-state index is -0.158. The maximum absolute atomic E-state index is 11.9. The zero-order chi connectivity index (χ0) is 13.0. The van der Waals surface area contributed by atoms with Crippen molar-refractivity contribution in [2.75, 3.05) is 0 Å². The van der Waals surface area contributed by atoms with E-state index in [0.29, 0.717) is 12.2 Å². The lowest BCUT2D eigenvalue weighted by Gasteiger charge is -2.02. The summed E-state index contributed by atoms with van der Waals surface area (Å²) in [5, 5.41) is 7.05. The summed E-state index contributed by atoms with van der Waals surface area (Å²) in [5.41, 5.74) is 2.42. The molecule has 2 aromatic rings. The van der Waals surface area contributed by atoms with Crippen molar-refractivity contribution in [1.82, 2.24) is 20.1 Å². The first kappa shape index (κ1) is 12.3. The van der Waals surface area contributed by atoms with Crippen LogP contribution in [0.3, 0.4) is 0 Å². The van der Waals surface area contributed by atoms with Crippen molar-refractivity contribution < 1.29 is 4.79 Å². The Morgan fingerprint density at radius 1 is 1.50 bits per heavy atom. The van der Waals surface area contributed by atoms with Crippen molar-refractivity contribution in [3.63, 3.8) is 0 Å². The molecule has 0 unspecified atom stereocenters. The average Bonchev–Trinajstić information content (AvgIpc) is 2.78. The predicted molar refractivity (Wildman–Crippen MR) is 68.0 cm³/mol. The highest BCUT2D eigenvalue weighted by atomic mass is 16.1. The number of pyridine rings is 1. The molecule has 0 saturated heterocycles. The third-order valence-electron chi connectivity index (χ3n) is 2.69. The van der Waals surface area contributed by atoms with E-state index in [-0.39, 0.29) is 5.91 Å². The van der Waals surface area contributed by atoms with Gasteiger partial charge in [0, 0.05) is 31.2 Å². The number of carbonyl (C=O) groups is 1. The molecule has 5 heteroatoms. The largest absolute Gasteiger partial charge is 0.347 e. The van der Waals surface area contributed by atoms with Gasteiger partial charge in [-0.3, -0.25) is 14.5 Å². The highest BCUT2D eigenvalue weighted by Gasteiger charge is 2.11. The van der Waals surface area contributed by atoms with Gasteiger partial charge in [-0.25, -0.2) is 0 Å². The number of carbonyl (C=O) groups excluding carboxylic acids is 1. The maximum Gasteiger partial charge on any atom is 0.272 e. The Balaban J connectivity index is 1.99. The molecule has 2 aromatic heterocycles. The standard InChI is InChI=1S/C13H16N4O/c1-3-17-10(2)7-12(16-17)13(18)15-9-11-5-4-6-14-8-11/h4-8H,3,9H2,1-2H3,(H,15,18). The SMILES string of the molecule is CCn1nc(C(=O)NCc2cccnc2)cc1C. The summed E-state index contributed by atoms with van der Waals surface area (Å²) in [6.45, 7) is 5.16. The number of amides is 1. The lowest BCUT2D eigenvalue weighted by molar-refractivity contribution is 0.0945. The molecule has 2 heterocycles. The van der Waals surface area contributed by atoms with Crippen LogP contribution in [0.25, 0.3) is 0 Å². The summed E-state index contributed by atoms with van der Waals surface area (Å²) in [4.78, 5) is 15.9. The molecule has 0 aliphatic heterocycles. The van der Waals surface area contributed by atoms with Crippen LogP contribution in [0.1, 0.15) is 28.7 Å². The van der Waals surface area contributed by atoms with Crippen molar-refractivity contribution in [3.8, 4) is 0 Å². The number of aryl methyl sites for hydroxylation is 2. The van der Waals surface area contributed by atoms with Gasteiger partial charge in [0.1, 0.15) is 5.69 Å². The third-order valence-corrected chi connectivity index (χ3v) is 2.69. The van der Waals surface area contributed by atoms with Gasteiger partial charge in [0.15, 0.2) is 0 Å². The second-order valence-electron chi connectivity index (χ2n) is 4.03. The number of nitrogens with one attached hydrogen (secondary N) is 1. The highest BCUT2D eigenvalue weighted by Crippen LogP contribution is 2.03. The monoisotopic (exact) mass is 244 g/mol. The third kappa shape index (κ3) is 2.74. The summed E-state index contributed by atoms with van der Waals surface area (Å²) in [6, 6.07) is 5.56. The van der Waals surface area contributed by atoms with Crippen LogP contribution >= 0.6 is 0 Å². The Morgan fingerprint density at radius 3 is 2.94 bits per heavy atom. The predicted octanol–water partition coefficient (Wildman–Crippen LogP) is 1.54. The Hall–Kier alpha value is -2.17. The Bertz CT molecular complexity index is 533. The van der Waals surface area contributed by atoms with Gasteiger partial charge in [-0.1, -0.05) is 6.07 Å². The van der Waals surface area contributed by atoms with Crippen LogP contribution in [0.5, 0.6) is 0 Å². The second kappa shape index (κ2) is 5.44. The molecule has 5 nitrogen and oxygen atoms in total. The molecule has 0 aliphatic rings. The normalized spacial score (nSPS) is 10.3. The fraction of sp³-hybridized carbons (Fsp3) is 0.308. The van der Waals surface area contributed by atoms with Gasteiger partial charge < -0.3 is 5.32 Å². The summed E-state index contributed by atoms with van der Waals surface area (Å²) >= 11 is 0. The van der Waals surface area contributed by atoms with E-state index in [0.717, 1.165) is 17.8 Å². The first-order valence-corrected chi connectivity index (χ1v) is 5.92. The zero-order valence-corrected chi connectivity index (χ0v) is 10.6. The quantitative estimate of drug-likeness (QED) is 0.887. The summed E-state index contributed by atoms with van der Waals surface area (Å²) in [6.07, 6.45) is 3.44. The summed E-state index contributed by atoms with van der Waals surface area (Å²) in [5.74, 6) is -0.158. The molecule has 0 radical (unpaired) electrons. The molecule has 0 fully saturated rings. The lowest BCUT2D eigenvalue weighted by atomic mass is 10.3. The van der Waals surface area contributed by atoms with Gasteiger partial charge >= 0.3 is 0 Å². The molecule has 0 atom stereocenters. The number of nitrogens with zero attached hydrogens (tertiary/aromatic N) is 3. The van der Waals surface area contributed by atoms with Gasteiger partial charge in [0.05, 0.1) is 0 Å². The van der Waals surface area contributed by atoms with Crippen LogP contribution in [0, 0.1) is 6.92 Å². The van der Waals surface area contributed by atoms with Gasteiger partial charge in [0.2, 0.25) is 0 Å². The molecule has 1 amide bonds. The molecular formula is C13H16N4O. The van der Waals surface area contributed by atoms with Gasteiger partial charge in [-0.05, 0) is 31.5 Å².